The molecule has 1 N–H and O–H groups in total. The second-order valence-electron chi connectivity index (χ2n) is 7.25. The Balaban J connectivity index is 1.40. The van der Waals surface area contributed by atoms with E-state index >= 15 is 0 Å². The molecule has 6 nitrogen and oxygen atoms in total. The number of thiophene rings is 1. The van der Waals surface area contributed by atoms with E-state index in [9.17, 15) is 4.79 Å². The molecule has 4 heterocycles. The van der Waals surface area contributed by atoms with Gasteiger partial charge in [0.2, 0.25) is 5.91 Å². The molecule has 2 aromatic heterocycles. The van der Waals surface area contributed by atoms with Gasteiger partial charge in [-0.2, -0.15) is 11.3 Å². The van der Waals surface area contributed by atoms with Gasteiger partial charge in [-0.3, -0.25) is 9.69 Å². The number of aromatic nitrogens is 1. The fraction of sp³-hybridized carbons (Fsp3) is 0.579. The second-order valence-corrected chi connectivity index (χ2v) is 9.01. The molecule has 0 radical (unpaired) electrons. The van der Waals surface area contributed by atoms with Crippen LogP contribution < -0.4 is 10.2 Å². The summed E-state index contributed by atoms with van der Waals surface area (Å²) in [4.78, 5) is 22.3. The Morgan fingerprint density at radius 1 is 1.41 bits per heavy atom. The van der Waals surface area contributed by atoms with Gasteiger partial charge in [0.05, 0.1) is 18.9 Å². The standard InChI is InChI=1S/C19H26N4O2S2/c1-13(2)23-16(17(24)20-4-5-22-6-8-25-9-7-22)11-15-19(23)27-18(21-15)14-3-10-26-12-14/h3,10,12-13,16H,4-9,11H2,1-2H3,(H,20,24). The summed E-state index contributed by atoms with van der Waals surface area (Å²) in [5, 5.41) is 9.55. The van der Waals surface area contributed by atoms with E-state index < -0.39 is 0 Å². The molecular formula is C19H26N4O2S2. The van der Waals surface area contributed by atoms with Crippen molar-refractivity contribution in [3.8, 4) is 10.6 Å². The zero-order chi connectivity index (χ0) is 18.8. The number of thiazole rings is 1. The molecule has 2 aliphatic heterocycles. The molecule has 146 valence electrons. The highest BCUT2D eigenvalue weighted by atomic mass is 32.1. The minimum absolute atomic E-state index is 0.110. The third kappa shape index (κ3) is 4.03. The van der Waals surface area contributed by atoms with Gasteiger partial charge in [-0.1, -0.05) is 11.3 Å². The highest BCUT2D eigenvalue weighted by Gasteiger charge is 2.38. The van der Waals surface area contributed by atoms with Gasteiger partial charge in [-0.25, -0.2) is 4.98 Å². The van der Waals surface area contributed by atoms with Gasteiger partial charge in [0.1, 0.15) is 16.1 Å². The van der Waals surface area contributed by atoms with Crippen LogP contribution in [-0.4, -0.2) is 67.3 Å². The molecule has 0 aliphatic carbocycles. The van der Waals surface area contributed by atoms with Crippen LogP contribution in [0.5, 0.6) is 0 Å². The third-order valence-corrected chi connectivity index (χ3v) is 6.94. The Hall–Kier alpha value is -1.48. The van der Waals surface area contributed by atoms with E-state index in [0.29, 0.717) is 13.0 Å². The lowest BCUT2D eigenvalue weighted by Gasteiger charge is -2.30. The summed E-state index contributed by atoms with van der Waals surface area (Å²) >= 11 is 3.39. The maximum Gasteiger partial charge on any atom is 0.243 e. The summed E-state index contributed by atoms with van der Waals surface area (Å²) in [6, 6.07) is 2.21. The van der Waals surface area contributed by atoms with Gasteiger partial charge in [0.15, 0.2) is 0 Å². The zero-order valence-electron chi connectivity index (χ0n) is 15.8. The van der Waals surface area contributed by atoms with Gasteiger partial charge >= 0.3 is 0 Å². The number of ether oxygens (including phenoxy) is 1. The number of anilines is 1. The van der Waals surface area contributed by atoms with Crippen molar-refractivity contribution in [1.82, 2.24) is 15.2 Å². The van der Waals surface area contributed by atoms with Gasteiger partial charge in [0, 0.05) is 49.6 Å². The lowest BCUT2D eigenvalue weighted by atomic mass is 10.1. The molecule has 8 heteroatoms. The fourth-order valence-electron chi connectivity index (χ4n) is 3.70. The van der Waals surface area contributed by atoms with Crippen molar-refractivity contribution >= 4 is 33.6 Å². The highest BCUT2D eigenvalue weighted by molar-refractivity contribution is 7.19. The number of nitrogens with one attached hydrogen (secondary N) is 1. The molecule has 2 aliphatic rings. The number of amides is 1. The molecule has 4 rings (SSSR count). The minimum atomic E-state index is -0.153. The van der Waals surface area contributed by atoms with Crippen molar-refractivity contribution in [1.29, 1.82) is 0 Å². The monoisotopic (exact) mass is 406 g/mol. The molecule has 1 atom stereocenters. The first-order valence-electron chi connectivity index (χ1n) is 9.52. The molecule has 0 aromatic carbocycles. The minimum Gasteiger partial charge on any atom is -0.379 e. The smallest absolute Gasteiger partial charge is 0.243 e. The van der Waals surface area contributed by atoms with Crippen LogP contribution >= 0.6 is 22.7 Å². The van der Waals surface area contributed by atoms with Gasteiger partial charge in [0.25, 0.3) is 0 Å². The zero-order valence-corrected chi connectivity index (χ0v) is 17.4. The first kappa shape index (κ1) is 18.9. The van der Waals surface area contributed by atoms with Crippen molar-refractivity contribution in [3.05, 3.63) is 22.5 Å². The SMILES string of the molecule is CC(C)N1c2sc(-c3ccsc3)nc2CC1C(=O)NCCN1CCOCC1. The highest BCUT2D eigenvalue weighted by Crippen LogP contribution is 2.42. The maximum absolute atomic E-state index is 12.9. The van der Waals surface area contributed by atoms with E-state index in [1.165, 1.54) is 5.56 Å². The van der Waals surface area contributed by atoms with E-state index in [2.05, 4.69) is 45.8 Å². The molecule has 0 saturated carbocycles. The van der Waals surface area contributed by atoms with Gasteiger partial charge < -0.3 is 15.0 Å². The molecular weight excluding hydrogens is 380 g/mol. The number of morpholine rings is 1. The van der Waals surface area contributed by atoms with E-state index in [0.717, 1.165) is 48.6 Å². The number of rotatable bonds is 6. The first-order valence-corrected chi connectivity index (χ1v) is 11.3. The normalized spacial score (nSPS) is 20.3. The quantitative estimate of drug-likeness (QED) is 0.799. The van der Waals surface area contributed by atoms with Crippen molar-refractivity contribution in [2.75, 3.05) is 44.3 Å². The summed E-state index contributed by atoms with van der Waals surface area (Å²) in [7, 11) is 0. The summed E-state index contributed by atoms with van der Waals surface area (Å²) in [5.74, 6) is 0.110. The van der Waals surface area contributed by atoms with Crippen LogP contribution in [0.4, 0.5) is 5.00 Å². The largest absolute Gasteiger partial charge is 0.379 e. The number of hydrogen-bond donors (Lipinski definition) is 1. The van der Waals surface area contributed by atoms with Gasteiger partial charge in [-0.15, -0.1) is 0 Å². The van der Waals surface area contributed by atoms with E-state index in [1.54, 1.807) is 22.7 Å². The Bertz CT molecular complexity index is 769. The second kappa shape index (κ2) is 8.26. The molecule has 27 heavy (non-hydrogen) atoms. The van der Waals surface area contributed by atoms with Crippen LogP contribution in [0.15, 0.2) is 16.8 Å². The van der Waals surface area contributed by atoms with Crippen molar-refractivity contribution in [3.63, 3.8) is 0 Å². The van der Waals surface area contributed by atoms with E-state index in [-0.39, 0.29) is 18.0 Å². The van der Waals surface area contributed by atoms with E-state index in [1.807, 2.05) is 0 Å². The Morgan fingerprint density at radius 2 is 2.22 bits per heavy atom. The van der Waals surface area contributed by atoms with Crippen LogP contribution in [0.3, 0.4) is 0 Å². The number of carbonyl (C=O) groups is 1. The number of nitrogens with zero attached hydrogens (tertiary/aromatic N) is 3. The molecule has 1 unspecified atom stereocenters. The topological polar surface area (TPSA) is 57.7 Å². The maximum atomic E-state index is 12.9. The third-order valence-electron chi connectivity index (χ3n) is 5.09. The lowest BCUT2D eigenvalue weighted by molar-refractivity contribution is -0.122. The molecule has 0 bridgehead atoms. The summed E-state index contributed by atoms with van der Waals surface area (Å²) in [6.45, 7) is 9.33. The van der Waals surface area contributed by atoms with Crippen molar-refractivity contribution < 1.29 is 9.53 Å². The number of fused-ring (bicyclic) bond motifs is 1. The average Bonchev–Trinajstić information content (AvgIpc) is 3.37. The number of hydrogen-bond acceptors (Lipinski definition) is 7. The Labute approximate surface area is 168 Å². The molecule has 1 fully saturated rings. The first-order chi connectivity index (χ1) is 13.1. The van der Waals surface area contributed by atoms with E-state index in [4.69, 9.17) is 9.72 Å². The summed E-state index contributed by atoms with van der Waals surface area (Å²) in [5.41, 5.74) is 2.23. The van der Waals surface area contributed by atoms with Crippen LogP contribution in [0.1, 0.15) is 19.5 Å². The van der Waals surface area contributed by atoms with Crippen LogP contribution in [-0.2, 0) is 16.0 Å². The number of carbonyl (C=O) groups excluding carboxylic acids is 1. The van der Waals surface area contributed by atoms with Crippen LogP contribution in [0, 0.1) is 0 Å². The molecule has 0 spiro atoms. The average molecular weight is 407 g/mol. The van der Waals surface area contributed by atoms with Crippen LogP contribution in [0.25, 0.3) is 10.6 Å². The van der Waals surface area contributed by atoms with Crippen molar-refractivity contribution in [2.24, 2.45) is 0 Å². The lowest BCUT2D eigenvalue weighted by Crippen LogP contribution is -2.50. The predicted octanol–water partition coefficient (Wildman–Crippen LogP) is 2.46. The summed E-state index contributed by atoms with van der Waals surface area (Å²) < 4.78 is 5.37. The Kier molecular flexibility index (Phi) is 5.77. The fourth-order valence-corrected chi connectivity index (χ4v) is 5.69. The molecule has 2 aromatic rings. The Morgan fingerprint density at radius 3 is 2.93 bits per heavy atom. The molecule has 1 amide bonds. The van der Waals surface area contributed by atoms with Crippen molar-refractivity contribution in [2.45, 2.75) is 32.4 Å². The molecule has 1 saturated heterocycles. The van der Waals surface area contributed by atoms with Gasteiger partial charge in [-0.05, 0) is 25.3 Å². The summed E-state index contributed by atoms with van der Waals surface area (Å²) in [6.07, 6.45) is 0.692. The van der Waals surface area contributed by atoms with Crippen LogP contribution in [0.2, 0.25) is 0 Å². The predicted molar refractivity (Wildman–Crippen MR) is 111 cm³/mol.